The molecule has 0 aliphatic rings. The van der Waals surface area contributed by atoms with Crippen molar-refractivity contribution in [1.82, 2.24) is 5.32 Å². The second-order valence-corrected chi connectivity index (χ2v) is 5.72. The molecule has 0 saturated carbocycles. The normalized spacial score (nSPS) is 10.6. The Morgan fingerprint density at radius 2 is 2.00 bits per heavy atom. The number of hydrogen-bond acceptors (Lipinski definition) is 3. The van der Waals surface area contributed by atoms with E-state index in [0.717, 1.165) is 18.5 Å². The number of nitrogens with zero attached hydrogens (tertiary/aromatic N) is 1. The van der Waals surface area contributed by atoms with E-state index in [1.54, 1.807) is 6.07 Å². The molecular formula is C16H17BrN2O2. The Hall–Kier alpha value is -1.72. The fourth-order valence-electron chi connectivity index (χ4n) is 2.17. The molecule has 0 aromatic heterocycles. The molecule has 0 aliphatic heterocycles. The van der Waals surface area contributed by atoms with Gasteiger partial charge in [0.15, 0.2) is 0 Å². The summed E-state index contributed by atoms with van der Waals surface area (Å²) < 4.78 is 0.554. The number of nitro groups is 1. The Morgan fingerprint density at radius 3 is 2.71 bits per heavy atom. The van der Waals surface area contributed by atoms with Crippen LogP contribution in [0.15, 0.2) is 46.9 Å². The second-order valence-electron chi connectivity index (χ2n) is 4.92. The monoisotopic (exact) mass is 348 g/mol. The van der Waals surface area contributed by atoms with E-state index in [9.17, 15) is 10.1 Å². The minimum Gasteiger partial charge on any atom is -0.312 e. The van der Waals surface area contributed by atoms with Gasteiger partial charge >= 0.3 is 0 Å². The van der Waals surface area contributed by atoms with Crippen molar-refractivity contribution in [2.45, 2.75) is 19.9 Å². The molecule has 110 valence electrons. The molecule has 2 rings (SSSR count). The van der Waals surface area contributed by atoms with Gasteiger partial charge in [0.05, 0.1) is 9.40 Å². The van der Waals surface area contributed by atoms with Crippen LogP contribution in [0.5, 0.6) is 0 Å². The molecule has 0 radical (unpaired) electrons. The number of rotatable bonds is 6. The van der Waals surface area contributed by atoms with Gasteiger partial charge < -0.3 is 5.32 Å². The fourth-order valence-corrected chi connectivity index (χ4v) is 2.72. The molecule has 0 atom stereocenters. The first-order valence-electron chi connectivity index (χ1n) is 6.76. The van der Waals surface area contributed by atoms with Crippen LogP contribution in [0.2, 0.25) is 0 Å². The third-order valence-electron chi connectivity index (χ3n) is 3.24. The van der Waals surface area contributed by atoms with E-state index in [4.69, 9.17) is 0 Å². The van der Waals surface area contributed by atoms with Gasteiger partial charge in [-0.2, -0.15) is 0 Å². The maximum atomic E-state index is 10.9. The number of aryl methyl sites for hydroxylation is 1. The van der Waals surface area contributed by atoms with E-state index in [1.165, 1.54) is 17.2 Å². The van der Waals surface area contributed by atoms with Gasteiger partial charge in [-0.15, -0.1) is 0 Å². The van der Waals surface area contributed by atoms with Crippen molar-refractivity contribution in [3.8, 4) is 0 Å². The lowest BCUT2D eigenvalue weighted by Gasteiger charge is -2.08. The summed E-state index contributed by atoms with van der Waals surface area (Å²) in [5.74, 6) is 0. The van der Waals surface area contributed by atoms with E-state index < -0.39 is 0 Å². The van der Waals surface area contributed by atoms with Crippen LogP contribution in [0.25, 0.3) is 0 Å². The van der Waals surface area contributed by atoms with Crippen molar-refractivity contribution in [3.05, 3.63) is 73.7 Å². The summed E-state index contributed by atoms with van der Waals surface area (Å²) in [6, 6.07) is 13.5. The van der Waals surface area contributed by atoms with Gasteiger partial charge in [-0.3, -0.25) is 10.1 Å². The quantitative estimate of drug-likeness (QED) is 0.487. The second kappa shape index (κ2) is 7.33. The summed E-state index contributed by atoms with van der Waals surface area (Å²) in [6.07, 6.45) is 0.939. The molecule has 0 heterocycles. The van der Waals surface area contributed by atoms with Crippen LogP contribution in [-0.4, -0.2) is 11.5 Å². The largest absolute Gasteiger partial charge is 0.312 e. The third-order valence-corrected chi connectivity index (χ3v) is 4.16. The topological polar surface area (TPSA) is 55.2 Å². The van der Waals surface area contributed by atoms with Crippen molar-refractivity contribution in [3.63, 3.8) is 0 Å². The minimum absolute atomic E-state index is 0.105. The van der Waals surface area contributed by atoms with Crippen LogP contribution in [0, 0.1) is 17.0 Å². The first-order chi connectivity index (χ1) is 10.1. The Morgan fingerprint density at radius 1 is 1.24 bits per heavy atom. The molecule has 21 heavy (non-hydrogen) atoms. The standard InChI is InChI=1S/C16H17BrN2O2/c1-12-4-2-5-13(10-12)8-9-18-11-14-6-3-7-15(16(14)17)19(20)21/h2-7,10,18H,8-9,11H2,1H3. The van der Waals surface area contributed by atoms with E-state index in [-0.39, 0.29) is 10.6 Å². The van der Waals surface area contributed by atoms with Crippen LogP contribution >= 0.6 is 15.9 Å². The van der Waals surface area contributed by atoms with Crippen molar-refractivity contribution in [1.29, 1.82) is 0 Å². The van der Waals surface area contributed by atoms with Crippen LogP contribution in [-0.2, 0) is 13.0 Å². The smallest absolute Gasteiger partial charge is 0.283 e. The minimum atomic E-state index is -0.375. The number of halogens is 1. The molecule has 0 spiro atoms. The maximum absolute atomic E-state index is 10.9. The zero-order valence-corrected chi connectivity index (χ0v) is 13.4. The molecule has 0 amide bonds. The van der Waals surface area contributed by atoms with Crippen LogP contribution in [0.3, 0.4) is 0 Å². The molecular weight excluding hydrogens is 332 g/mol. The molecule has 0 fully saturated rings. The molecule has 2 aromatic carbocycles. The van der Waals surface area contributed by atoms with Crippen molar-refractivity contribution in [2.24, 2.45) is 0 Å². The van der Waals surface area contributed by atoms with Gasteiger partial charge in [0.1, 0.15) is 0 Å². The average Bonchev–Trinajstić information content (AvgIpc) is 2.45. The average molecular weight is 349 g/mol. The maximum Gasteiger partial charge on any atom is 0.283 e. The molecule has 5 heteroatoms. The van der Waals surface area contributed by atoms with Crippen LogP contribution < -0.4 is 5.32 Å². The van der Waals surface area contributed by atoms with Crippen LogP contribution in [0.1, 0.15) is 16.7 Å². The molecule has 0 aliphatic carbocycles. The lowest BCUT2D eigenvalue weighted by atomic mass is 10.1. The van der Waals surface area contributed by atoms with Gasteiger partial charge in [-0.25, -0.2) is 0 Å². The van der Waals surface area contributed by atoms with E-state index in [1.807, 2.05) is 6.07 Å². The summed E-state index contributed by atoms with van der Waals surface area (Å²) in [5, 5.41) is 14.2. The molecule has 2 aromatic rings. The summed E-state index contributed by atoms with van der Waals surface area (Å²) in [4.78, 5) is 10.5. The highest BCUT2D eigenvalue weighted by Gasteiger charge is 2.14. The predicted octanol–water partition coefficient (Wildman–Crippen LogP) is 4.00. The fraction of sp³-hybridized carbons (Fsp3) is 0.250. The van der Waals surface area contributed by atoms with Gasteiger partial charge in [-0.1, -0.05) is 42.0 Å². The predicted molar refractivity (Wildman–Crippen MR) is 87.4 cm³/mol. The zero-order chi connectivity index (χ0) is 15.2. The zero-order valence-electron chi connectivity index (χ0n) is 11.8. The van der Waals surface area contributed by atoms with E-state index >= 15 is 0 Å². The van der Waals surface area contributed by atoms with Gasteiger partial charge in [0.2, 0.25) is 0 Å². The number of nitrogens with one attached hydrogen (secondary N) is 1. The van der Waals surface area contributed by atoms with E-state index in [2.05, 4.69) is 52.4 Å². The highest BCUT2D eigenvalue weighted by Crippen LogP contribution is 2.28. The molecule has 1 N–H and O–H groups in total. The SMILES string of the molecule is Cc1cccc(CCNCc2cccc([N+](=O)[O-])c2Br)c1. The van der Waals surface area contributed by atoms with Crippen molar-refractivity contribution in [2.75, 3.05) is 6.54 Å². The summed E-state index contributed by atoms with van der Waals surface area (Å²) in [5.41, 5.74) is 3.55. The first-order valence-corrected chi connectivity index (χ1v) is 7.55. The number of nitro benzene ring substituents is 1. The number of benzene rings is 2. The Balaban J connectivity index is 1.89. The summed E-state index contributed by atoms with van der Waals surface area (Å²) >= 11 is 3.31. The highest BCUT2D eigenvalue weighted by atomic mass is 79.9. The van der Waals surface area contributed by atoms with E-state index in [0.29, 0.717) is 11.0 Å². The molecule has 0 unspecified atom stereocenters. The van der Waals surface area contributed by atoms with Gasteiger partial charge in [0.25, 0.3) is 5.69 Å². The Labute approximate surface area is 132 Å². The van der Waals surface area contributed by atoms with Crippen LogP contribution in [0.4, 0.5) is 5.69 Å². The molecule has 0 bridgehead atoms. The molecule has 4 nitrogen and oxygen atoms in total. The Bertz CT molecular complexity index is 644. The van der Waals surface area contributed by atoms with Crippen molar-refractivity contribution >= 4 is 21.6 Å². The third kappa shape index (κ3) is 4.37. The summed E-state index contributed by atoms with van der Waals surface area (Å²) in [7, 11) is 0. The van der Waals surface area contributed by atoms with Gasteiger partial charge in [-0.05, 0) is 46.9 Å². The Kier molecular flexibility index (Phi) is 5.47. The van der Waals surface area contributed by atoms with Gasteiger partial charge in [0, 0.05) is 12.6 Å². The lowest BCUT2D eigenvalue weighted by Crippen LogP contribution is -2.17. The van der Waals surface area contributed by atoms with Crippen molar-refractivity contribution < 1.29 is 4.92 Å². The lowest BCUT2D eigenvalue weighted by molar-refractivity contribution is -0.385. The number of hydrogen-bond donors (Lipinski definition) is 1. The first kappa shape index (κ1) is 15.7. The highest BCUT2D eigenvalue weighted by molar-refractivity contribution is 9.10. The molecule has 0 saturated heterocycles. The summed E-state index contributed by atoms with van der Waals surface area (Å²) in [6.45, 7) is 3.52.